The molecule has 2 aromatic carbocycles. The van der Waals surface area contributed by atoms with Crippen LogP contribution in [0.25, 0.3) is 0 Å². The summed E-state index contributed by atoms with van der Waals surface area (Å²) in [5.74, 6) is 0.997. The molecule has 0 spiro atoms. The van der Waals surface area contributed by atoms with Crippen molar-refractivity contribution in [3.05, 3.63) is 70.3 Å². The van der Waals surface area contributed by atoms with Crippen LogP contribution in [-0.4, -0.2) is 31.9 Å². The van der Waals surface area contributed by atoms with Gasteiger partial charge in [-0.2, -0.15) is 13.2 Å². The molecule has 0 bridgehead atoms. The summed E-state index contributed by atoms with van der Waals surface area (Å²) < 4.78 is 51.9. The van der Waals surface area contributed by atoms with Gasteiger partial charge < -0.3 is 20.5 Å². The first-order valence-corrected chi connectivity index (χ1v) is 10.5. The number of nitrogens with one attached hydrogen (secondary N) is 1. The minimum absolute atomic E-state index is 0.0234. The summed E-state index contributed by atoms with van der Waals surface area (Å²) in [6, 6.07) is 9.38. The van der Waals surface area contributed by atoms with E-state index in [1.807, 2.05) is 6.08 Å². The highest BCUT2D eigenvalue weighted by atomic mass is 19.4. The second-order valence-electron chi connectivity index (χ2n) is 7.88. The largest absolute Gasteiger partial charge is 0.493 e. The Morgan fingerprint density at radius 1 is 1.18 bits per heavy atom. The van der Waals surface area contributed by atoms with Gasteiger partial charge in [-0.3, -0.25) is 9.79 Å². The number of nitrogens with two attached hydrogens (primary N) is 1. The van der Waals surface area contributed by atoms with Gasteiger partial charge >= 0.3 is 6.18 Å². The van der Waals surface area contributed by atoms with Gasteiger partial charge in [-0.25, -0.2) is 0 Å². The molecule has 1 unspecified atom stereocenters. The Hall–Kier alpha value is -3.33. The Balaban J connectivity index is 1.57. The summed E-state index contributed by atoms with van der Waals surface area (Å²) in [6.45, 7) is 0.510. The van der Waals surface area contributed by atoms with E-state index in [4.69, 9.17) is 15.2 Å². The van der Waals surface area contributed by atoms with Crippen molar-refractivity contribution in [2.45, 2.75) is 31.5 Å². The first-order valence-electron chi connectivity index (χ1n) is 10.5. The SMILES string of the molecule is COc1cc(C2CC(=O)NC3=NCC=C32)ccc1OCc1ccc(CCN)cc1C(F)(F)F. The van der Waals surface area contributed by atoms with Crippen LogP contribution in [-0.2, 0) is 24.0 Å². The van der Waals surface area contributed by atoms with E-state index >= 15 is 0 Å². The molecule has 1 saturated heterocycles. The molecule has 1 atom stereocenters. The number of carbonyl (C=O) groups excluding carboxylic acids is 1. The number of alkyl halides is 3. The fraction of sp³-hybridized carbons (Fsp3) is 0.333. The molecule has 6 nitrogen and oxygen atoms in total. The van der Waals surface area contributed by atoms with Gasteiger partial charge in [0.2, 0.25) is 5.91 Å². The summed E-state index contributed by atoms with van der Waals surface area (Å²) >= 11 is 0. The maximum Gasteiger partial charge on any atom is 0.416 e. The van der Waals surface area contributed by atoms with Crippen LogP contribution < -0.4 is 20.5 Å². The fourth-order valence-corrected chi connectivity index (χ4v) is 4.13. The van der Waals surface area contributed by atoms with Crippen molar-refractivity contribution in [3.63, 3.8) is 0 Å². The lowest BCUT2D eigenvalue weighted by atomic mass is 9.85. The Kier molecular flexibility index (Phi) is 6.42. The molecule has 2 heterocycles. The van der Waals surface area contributed by atoms with E-state index in [0.29, 0.717) is 35.9 Å². The van der Waals surface area contributed by atoms with Gasteiger partial charge in [0.25, 0.3) is 0 Å². The van der Waals surface area contributed by atoms with E-state index < -0.39 is 11.7 Å². The van der Waals surface area contributed by atoms with Crippen molar-refractivity contribution in [1.82, 2.24) is 5.32 Å². The Morgan fingerprint density at radius 2 is 2.00 bits per heavy atom. The van der Waals surface area contributed by atoms with E-state index in [0.717, 1.165) is 17.2 Å². The normalized spacial score (nSPS) is 17.7. The summed E-state index contributed by atoms with van der Waals surface area (Å²) in [7, 11) is 1.46. The number of methoxy groups -OCH3 is 1. The summed E-state index contributed by atoms with van der Waals surface area (Å²) in [5.41, 5.74) is 7.08. The van der Waals surface area contributed by atoms with Gasteiger partial charge in [0.1, 0.15) is 12.4 Å². The number of ether oxygens (including phenoxy) is 2. The number of fused-ring (bicyclic) bond motifs is 1. The molecule has 9 heteroatoms. The number of nitrogens with zero attached hydrogens (tertiary/aromatic N) is 1. The van der Waals surface area contributed by atoms with Crippen molar-refractivity contribution in [1.29, 1.82) is 0 Å². The first-order chi connectivity index (χ1) is 15.8. The van der Waals surface area contributed by atoms with E-state index in [-0.39, 0.29) is 37.0 Å². The molecular formula is C24H24F3N3O3. The lowest BCUT2D eigenvalue weighted by Crippen LogP contribution is -2.38. The smallest absolute Gasteiger partial charge is 0.416 e. The highest BCUT2D eigenvalue weighted by molar-refractivity contribution is 6.12. The number of amidine groups is 1. The monoisotopic (exact) mass is 459 g/mol. The number of amides is 1. The number of benzene rings is 2. The zero-order chi connectivity index (χ0) is 23.6. The third kappa shape index (κ3) is 4.88. The maximum absolute atomic E-state index is 13.6. The molecular weight excluding hydrogens is 435 g/mol. The molecule has 2 aliphatic rings. The van der Waals surface area contributed by atoms with Gasteiger partial charge in [-0.15, -0.1) is 0 Å². The molecule has 33 heavy (non-hydrogen) atoms. The number of rotatable bonds is 7. The predicted octanol–water partition coefficient (Wildman–Crippen LogP) is 3.74. The van der Waals surface area contributed by atoms with Crippen LogP contribution in [0.4, 0.5) is 13.2 Å². The molecule has 0 saturated carbocycles. The Bertz CT molecular complexity index is 1130. The topological polar surface area (TPSA) is 85.9 Å². The molecule has 4 rings (SSSR count). The molecule has 3 N–H and O–H groups in total. The minimum Gasteiger partial charge on any atom is -0.493 e. The first kappa shape index (κ1) is 22.8. The molecule has 0 aliphatic carbocycles. The van der Waals surface area contributed by atoms with Crippen LogP contribution in [0.1, 0.15) is 34.6 Å². The average molecular weight is 459 g/mol. The Labute approximate surface area is 189 Å². The van der Waals surface area contributed by atoms with Crippen molar-refractivity contribution in [2.75, 3.05) is 20.2 Å². The molecule has 2 aliphatic heterocycles. The lowest BCUT2D eigenvalue weighted by Gasteiger charge is -2.26. The lowest BCUT2D eigenvalue weighted by molar-refractivity contribution is -0.138. The second kappa shape index (κ2) is 9.27. The highest BCUT2D eigenvalue weighted by Gasteiger charge is 2.34. The van der Waals surface area contributed by atoms with Crippen molar-refractivity contribution in [3.8, 4) is 11.5 Å². The molecule has 2 aromatic rings. The maximum atomic E-state index is 13.6. The number of carbonyl (C=O) groups is 1. The van der Waals surface area contributed by atoms with Crippen LogP contribution in [0.3, 0.4) is 0 Å². The van der Waals surface area contributed by atoms with Crippen molar-refractivity contribution >= 4 is 11.7 Å². The molecule has 0 aromatic heterocycles. The third-order valence-corrected chi connectivity index (χ3v) is 5.74. The number of piperidine rings is 1. The van der Waals surface area contributed by atoms with Crippen molar-refractivity contribution < 1.29 is 27.4 Å². The van der Waals surface area contributed by atoms with Gasteiger partial charge in [0.05, 0.1) is 19.2 Å². The van der Waals surface area contributed by atoms with E-state index in [1.54, 1.807) is 24.3 Å². The zero-order valence-corrected chi connectivity index (χ0v) is 18.0. The van der Waals surface area contributed by atoms with Gasteiger partial charge in [-0.05, 0) is 42.3 Å². The van der Waals surface area contributed by atoms with Crippen LogP contribution in [0.5, 0.6) is 11.5 Å². The van der Waals surface area contributed by atoms with Crippen LogP contribution in [0, 0.1) is 0 Å². The number of hydrogen-bond acceptors (Lipinski definition) is 5. The van der Waals surface area contributed by atoms with Crippen LogP contribution in [0.2, 0.25) is 0 Å². The average Bonchev–Trinajstić information content (AvgIpc) is 3.25. The number of hydrogen-bond donors (Lipinski definition) is 2. The van der Waals surface area contributed by atoms with Crippen LogP contribution >= 0.6 is 0 Å². The van der Waals surface area contributed by atoms with E-state index in [2.05, 4.69) is 10.3 Å². The number of halogens is 3. The second-order valence-corrected chi connectivity index (χ2v) is 7.88. The Morgan fingerprint density at radius 3 is 2.73 bits per heavy atom. The standard InChI is InChI=1S/C24H24F3N3O3/c1-32-21-11-15(18-12-22(31)30-23-17(18)7-9-29-23)4-5-20(21)33-13-16-3-2-14(6-8-28)10-19(16)24(25,26)27/h2-5,7,10-11,18H,6,8-9,12-13,28H2,1H3,(H,29,30,31). The highest BCUT2D eigenvalue weighted by Crippen LogP contribution is 2.39. The molecule has 1 amide bonds. The van der Waals surface area contributed by atoms with Gasteiger partial charge in [-0.1, -0.05) is 24.3 Å². The molecule has 1 fully saturated rings. The predicted molar refractivity (Wildman–Crippen MR) is 117 cm³/mol. The number of aliphatic imine (C=N–C) groups is 1. The minimum atomic E-state index is -4.51. The summed E-state index contributed by atoms with van der Waals surface area (Å²) in [6.07, 6.45) is -1.89. The molecule has 174 valence electrons. The zero-order valence-electron chi connectivity index (χ0n) is 18.0. The summed E-state index contributed by atoms with van der Waals surface area (Å²) in [5, 5.41) is 2.77. The van der Waals surface area contributed by atoms with E-state index in [1.165, 1.54) is 13.2 Å². The quantitative estimate of drug-likeness (QED) is 0.661. The van der Waals surface area contributed by atoms with Gasteiger partial charge in [0.15, 0.2) is 11.5 Å². The van der Waals surface area contributed by atoms with Gasteiger partial charge in [0, 0.05) is 23.5 Å². The van der Waals surface area contributed by atoms with Crippen LogP contribution in [0.15, 0.2) is 53.0 Å². The molecule has 0 radical (unpaired) electrons. The summed E-state index contributed by atoms with van der Waals surface area (Å²) in [4.78, 5) is 16.4. The third-order valence-electron chi connectivity index (χ3n) is 5.74. The fourth-order valence-electron chi connectivity index (χ4n) is 4.13. The van der Waals surface area contributed by atoms with E-state index in [9.17, 15) is 18.0 Å². The van der Waals surface area contributed by atoms with Crippen molar-refractivity contribution in [2.24, 2.45) is 10.7 Å².